The fraction of sp³-hybridized carbons (Fsp3) is 0.514. The molecule has 0 saturated heterocycles. The van der Waals surface area contributed by atoms with E-state index in [1.807, 2.05) is 36.4 Å². The van der Waals surface area contributed by atoms with Gasteiger partial charge in [0, 0.05) is 6.07 Å². The molecule has 0 heterocycles. The van der Waals surface area contributed by atoms with E-state index in [0.717, 1.165) is 35.6 Å². The van der Waals surface area contributed by atoms with Crippen molar-refractivity contribution in [2.75, 3.05) is 52.9 Å². The van der Waals surface area contributed by atoms with E-state index in [4.69, 9.17) is 38.6 Å². The van der Waals surface area contributed by atoms with Crippen molar-refractivity contribution in [1.29, 1.82) is 0 Å². The molecule has 1 aliphatic carbocycles. The SMILES string of the molecule is C=C(CO)C(=O)OCCOc1cc(OCCOC(=O)C(=C)CO)cc(-c2ccc(OCCOC3CCC(CCCCC)CC3)cc2)c1. The molecule has 3 rings (SSSR count). The number of esters is 2. The van der Waals surface area contributed by atoms with Crippen LogP contribution in [0.2, 0.25) is 0 Å². The molecule has 47 heavy (non-hydrogen) atoms. The van der Waals surface area contributed by atoms with Crippen molar-refractivity contribution in [3.63, 3.8) is 0 Å². The van der Waals surface area contributed by atoms with Crippen LogP contribution in [0.25, 0.3) is 11.1 Å². The molecule has 0 bridgehead atoms. The van der Waals surface area contributed by atoms with E-state index in [9.17, 15) is 9.59 Å². The normalized spacial score (nSPS) is 15.8. The lowest BCUT2D eigenvalue weighted by molar-refractivity contribution is -0.141. The Labute approximate surface area is 278 Å². The number of rotatable bonds is 22. The molecule has 0 atom stereocenters. The van der Waals surface area contributed by atoms with Gasteiger partial charge < -0.3 is 38.6 Å². The summed E-state index contributed by atoms with van der Waals surface area (Å²) in [5.41, 5.74) is 1.60. The minimum atomic E-state index is -0.693. The van der Waals surface area contributed by atoms with Crippen LogP contribution in [-0.2, 0) is 23.8 Å². The van der Waals surface area contributed by atoms with Gasteiger partial charge in [0.05, 0.1) is 37.1 Å². The van der Waals surface area contributed by atoms with Crippen LogP contribution in [0.15, 0.2) is 66.8 Å². The maximum Gasteiger partial charge on any atom is 0.335 e. The zero-order chi connectivity index (χ0) is 33.9. The quantitative estimate of drug-likeness (QED) is 0.0909. The molecule has 258 valence electrons. The smallest absolute Gasteiger partial charge is 0.335 e. The Morgan fingerprint density at radius 1 is 0.681 bits per heavy atom. The van der Waals surface area contributed by atoms with Crippen molar-refractivity contribution >= 4 is 11.9 Å². The third-order valence-electron chi connectivity index (χ3n) is 7.91. The van der Waals surface area contributed by atoms with Crippen LogP contribution in [0.5, 0.6) is 17.2 Å². The van der Waals surface area contributed by atoms with Crippen LogP contribution in [0.1, 0.15) is 58.3 Å². The number of hydrogen-bond acceptors (Lipinski definition) is 10. The average Bonchev–Trinajstić information content (AvgIpc) is 3.10. The molecule has 2 aromatic rings. The molecular formula is C37H50O10. The Balaban J connectivity index is 1.52. The molecule has 1 saturated carbocycles. The number of benzene rings is 2. The summed E-state index contributed by atoms with van der Waals surface area (Å²) in [4.78, 5) is 23.5. The minimum Gasteiger partial charge on any atom is -0.491 e. The largest absolute Gasteiger partial charge is 0.491 e. The van der Waals surface area contributed by atoms with Crippen molar-refractivity contribution < 1.29 is 48.2 Å². The summed E-state index contributed by atoms with van der Waals surface area (Å²) in [5.74, 6) is 1.14. The Hall–Kier alpha value is -3.86. The second-order valence-corrected chi connectivity index (χ2v) is 11.6. The molecule has 0 unspecified atom stereocenters. The highest BCUT2D eigenvalue weighted by Gasteiger charge is 2.21. The molecule has 1 aliphatic rings. The standard InChI is InChI=1S/C37H50O10/c1-4-5-6-7-29-8-12-32(13-9-29)42-16-17-43-33-14-10-30(11-15-33)31-22-34(44-18-20-46-36(40)27(2)25-38)24-35(23-31)45-19-21-47-37(41)28(3)26-39/h10-11,14-15,22-24,29,32,38-39H,2-9,12-13,16-21,25-26H2,1H3. The van der Waals surface area contributed by atoms with E-state index in [-0.39, 0.29) is 37.6 Å². The number of hydrogen-bond donors (Lipinski definition) is 2. The van der Waals surface area contributed by atoms with Crippen LogP contribution in [0.3, 0.4) is 0 Å². The van der Waals surface area contributed by atoms with Crippen molar-refractivity contribution in [3.8, 4) is 28.4 Å². The van der Waals surface area contributed by atoms with Crippen molar-refractivity contribution in [1.82, 2.24) is 0 Å². The molecule has 0 radical (unpaired) electrons. The van der Waals surface area contributed by atoms with E-state index >= 15 is 0 Å². The Morgan fingerprint density at radius 2 is 1.21 bits per heavy atom. The van der Waals surface area contributed by atoms with Gasteiger partial charge >= 0.3 is 11.9 Å². The van der Waals surface area contributed by atoms with Gasteiger partial charge in [-0.15, -0.1) is 0 Å². The molecule has 10 nitrogen and oxygen atoms in total. The highest BCUT2D eigenvalue weighted by Crippen LogP contribution is 2.32. The van der Waals surface area contributed by atoms with Gasteiger partial charge in [-0.05, 0) is 67.0 Å². The first-order valence-corrected chi connectivity index (χ1v) is 16.5. The molecule has 2 N–H and O–H groups in total. The fourth-order valence-electron chi connectivity index (χ4n) is 5.21. The predicted octanol–water partition coefficient (Wildman–Crippen LogP) is 5.83. The third-order valence-corrected chi connectivity index (χ3v) is 7.91. The second kappa shape index (κ2) is 21.1. The van der Waals surface area contributed by atoms with Crippen LogP contribution >= 0.6 is 0 Å². The third kappa shape index (κ3) is 13.8. The van der Waals surface area contributed by atoms with Gasteiger partial charge in [-0.25, -0.2) is 9.59 Å². The van der Waals surface area contributed by atoms with E-state index in [1.54, 1.807) is 6.07 Å². The second-order valence-electron chi connectivity index (χ2n) is 11.6. The van der Waals surface area contributed by atoms with Gasteiger partial charge in [-0.3, -0.25) is 0 Å². The van der Waals surface area contributed by atoms with Crippen molar-refractivity contribution in [3.05, 3.63) is 66.8 Å². The van der Waals surface area contributed by atoms with Gasteiger partial charge in [-0.1, -0.05) is 57.9 Å². The first-order chi connectivity index (χ1) is 22.8. The molecule has 0 aliphatic heterocycles. The van der Waals surface area contributed by atoms with Crippen LogP contribution in [-0.4, -0.2) is 81.1 Å². The summed E-state index contributed by atoms with van der Waals surface area (Å²) in [6.45, 7) is 9.23. The Bertz CT molecular complexity index is 1210. The van der Waals surface area contributed by atoms with Crippen LogP contribution in [0.4, 0.5) is 0 Å². The zero-order valence-corrected chi connectivity index (χ0v) is 27.6. The molecule has 0 aromatic heterocycles. The molecule has 0 amide bonds. The monoisotopic (exact) mass is 654 g/mol. The molecule has 10 heteroatoms. The predicted molar refractivity (Wildman–Crippen MR) is 179 cm³/mol. The summed E-state index contributed by atoms with van der Waals surface area (Å²) in [6.07, 6.45) is 10.4. The van der Waals surface area contributed by atoms with Gasteiger partial charge in [-0.2, -0.15) is 0 Å². The van der Waals surface area contributed by atoms with Crippen molar-refractivity contribution in [2.24, 2.45) is 5.92 Å². The highest BCUT2D eigenvalue weighted by atomic mass is 16.6. The number of carbonyl (C=O) groups excluding carboxylic acids is 2. The highest BCUT2D eigenvalue weighted by molar-refractivity contribution is 5.88. The van der Waals surface area contributed by atoms with Gasteiger partial charge in [0.15, 0.2) is 0 Å². The Morgan fingerprint density at radius 3 is 1.74 bits per heavy atom. The Kier molecular flexibility index (Phi) is 16.9. The lowest BCUT2D eigenvalue weighted by Crippen LogP contribution is -2.23. The van der Waals surface area contributed by atoms with Gasteiger partial charge in [0.2, 0.25) is 0 Å². The van der Waals surface area contributed by atoms with Crippen LogP contribution in [0, 0.1) is 5.92 Å². The number of carbonyl (C=O) groups is 2. The van der Waals surface area contributed by atoms with E-state index in [2.05, 4.69) is 20.1 Å². The first-order valence-electron chi connectivity index (χ1n) is 16.5. The van der Waals surface area contributed by atoms with Gasteiger partial charge in [0.25, 0.3) is 0 Å². The topological polar surface area (TPSA) is 130 Å². The average molecular weight is 655 g/mol. The van der Waals surface area contributed by atoms with Crippen LogP contribution < -0.4 is 14.2 Å². The summed E-state index contributed by atoms with van der Waals surface area (Å²) >= 11 is 0. The van der Waals surface area contributed by atoms with Crippen molar-refractivity contribution in [2.45, 2.75) is 64.4 Å². The molecule has 1 fully saturated rings. The number of ether oxygens (including phenoxy) is 6. The first kappa shape index (κ1) is 37.6. The summed E-state index contributed by atoms with van der Waals surface area (Å²) in [7, 11) is 0. The molecule has 2 aromatic carbocycles. The maximum atomic E-state index is 11.7. The lowest BCUT2D eigenvalue weighted by Gasteiger charge is -2.28. The maximum absolute atomic E-state index is 11.7. The number of aliphatic hydroxyl groups is 2. The summed E-state index contributed by atoms with van der Waals surface area (Å²) in [6, 6.07) is 13.0. The minimum absolute atomic E-state index is 0.0405. The molecule has 0 spiro atoms. The zero-order valence-electron chi connectivity index (χ0n) is 27.6. The van der Waals surface area contributed by atoms with Gasteiger partial charge in [0.1, 0.15) is 50.3 Å². The van der Waals surface area contributed by atoms with E-state index < -0.39 is 25.2 Å². The van der Waals surface area contributed by atoms with E-state index in [1.165, 1.54) is 38.5 Å². The summed E-state index contributed by atoms with van der Waals surface area (Å²) < 4.78 is 33.8. The van der Waals surface area contributed by atoms with E-state index in [0.29, 0.717) is 30.8 Å². The molecular weight excluding hydrogens is 604 g/mol. The number of aliphatic hydroxyl groups excluding tert-OH is 2. The summed E-state index contributed by atoms with van der Waals surface area (Å²) in [5, 5.41) is 18.0. The number of unbranched alkanes of at least 4 members (excludes halogenated alkanes) is 2. The lowest BCUT2D eigenvalue weighted by atomic mass is 9.84. The fourth-order valence-corrected chi connectivity index (χ4v) is 5.21.